The number of nitrogens with one attached hydrogen (secondary N) is 1. The molecule has 2 amide bonds. The molecule has 1 N–H and O–H groups in total. The highest BCUT2D eigenvalue weighted by molar-refractivity contribution is 5.78. The van der Waals surface area contributed by atoms with E-state index in [1.165, 1.54) is 0 Å². The van der Waals surface area contributed by atoms with Crippen LogP contribution in [0.2, 0.25) is 0 Å². The van der Waals surface area contributed by atoms with Gasteiger partial charge in [0.05, 0.1) is 13.2 Å². The predicted octanol–water partition coefficient (Wildman–Crippen LogP) is 1.23. The van der Waals surface area contributed by atoms with Crippen LogP contribution >= 0.6 is 0 Å². The fraction of sp³-hybridized carbons (Fsp3) is 0.682. The van der Waals surface area contributed by atoms with Crippen molar-refractivity contribution in [3.8, 4) is 0 Å². The molecular weight excluding hydrogens is 368 g/mol. The summed E-state index contributed by atoms with van der Waals surface area (Å²) in [7, 11) is 0. The highest BCUT2D eigenvalue weighted by atomic mass is 16.5. The molecule has 1 spiro atoms. The normalized spacial score (nSPS) is 24.7. The van der Waals surface area contributed by atoms with E-state index in [1.54, 1.807) is 6.20 Å². The lowest BCUT2D eigenvalue weighted by Gasteiger charge is -2.47. The van der Waals surface area contributed by atoms with Crippen molar-refractivity contribution >= 4 is 11.8 Å². The maximum Gasteiger partial charge on any atom is 0.224 e. The molecule has 7 nitrogen and oxygen atoms in total. The number of aromatic nitrogens is 1. The molecule has 4 heterocycles. The van der Waals surface area contributed by atoms with Gasteiger partial charge >= 0.3 is 0 Å². The summed E-state index contributed by atoms with van der Waals surface area (Å²) in [4.78, 5) is 33.5. The average Bonchev–Trinajstić information content (AvgIpc) is 2.76. The van der Waals surface area contributed by atoms with Crippen molar-refractivity contribution < 1.29 is 14.3 Å². The maximum absolute atomic E-state index is 12.7. The van der Waals surface area contributed by atoms with Gasteiger partial charge in [-0.05, 0) is 36.8 Å². The van der Waals surface area contributed by atoms with Gasteiger partial charge in [-0.25, -0.2) is 0 Å². The summed E-state index contributed by atoms with van der Waals surface area (Å²) in [5.74, 6) is 0.482. The second kappa shape index (κ2) is 9.22. The monoisotopic (exact) mass is 400 g/mol. The third-order valence-corrected chi connectivity index (χ3v) is 6.71. The van der Waals surface area contributed by atoms with E-state index in [0.29, 0.717) is 19.4 Å². The topological polar surface area (TPSA) is 74.8 Å². The van der Waals surface area contributed by atoms with Crippen LogP contribution in [-0.2, 0) is 20.7 Å². The smallest absolute Gasteiger partial charge is 0.224 e. The molecule has 3 aliphatic rings. The van der Waals surface area contributed by atoms with Gasteiger partial charge in [0.25, 0.3) is 0 Å². The quantitative estimate of drug-likeness (QED) is 0.805. The molecule has 1 atom stereocenters. The molecule has 3 aliphatic heterocycles. The summed E-state index contributed by atoms with van der Waals surface area (Å²) < 4.78 is 5.46. The van der Waals surface area contributed by atoms with Gasteiger partial charge in [-0.15, -0.1) is 0 Å². The van der Waals surface area contributed by atoms with Crippen LogP contribution < -0.4 is 5.32 Å². The number of carbonyl (C=O) groups is 2. The van der Waals surface area contributed by atoms with E-state index >= 15 is 0 Å². The molecule has 7 heteroatoms. The van der Waals surface area contributed by atoms with E-state index in [0.717, 1.165) is 70.7 Å². The second-order valence-electron chi connectivity index (χ2n) is 8.70. The zero-order valence-corrected chi connectivity index (χ0v) is 17.1. The van der Waals surface area contributed by atoms with E-state index < -0.39 is 0 Å². The van der Waals surface area contributed by atoms with Gasteiger partial charge in [0, 0.05) is 69.9 Å². The summed E-state index contributed by atoms with van der Waals surface area (Å²) in [6.07, 6.45) is 6.66. The van der Waals surface area contributed by atoms with Crippen molar-refractivity contribution in [3.63, 3.8) is 0 Å². The number of nitrogens with zero attached hydrogens (tertiary/aromatic N) is 3. The number of pyridine rings is 1. The number of carbonyl (C=O) groups excluding carboxylic acids is 2. The van der Waals surface area contributed by atoms with Crippen LogP contribution in [0.5, 0.6) is 0 Å². The Bertz CT molecular complexity index is 697. The molecule has 0 aromatic carbocycles. The molecule has 1 unspecified atom stereocenters. The third kappa shape index (κ3) is 5.14. The zero-order chi connectivity index (χ0) is 20.1. The number of ether oxygens (including phenoxy) is 1. The maximum atomic E-state index is 12.7. The van der Waals surface area contributed by atoms with Crippen molar-refractivity contribution in [1.29, 1.82) is 0 Å². The largest absolute Gasteiger partial charge is 0.378 e. The minimum Gasteiger partial charge on any atom is -0.378 e. The average molecular weight is 401 g/mol. The van der Waals surface area contributed by atoms with Crippen molar-refractivity contribution in [2.24, 2.45) is 5.41 Å². The first-order chi connectivity index (χ1) is 14.1. The van der Waals surface area contributed by atoms with Crippen LogP contribution in [-0.4, -0.2) is 78.6 Å². The molecule has 4 rings (SSSR count). The van der Waals surface area contributed by atoms with Gasteiger partial charge in [0.2, 0.25) is 11.8 Å². The molecule has 1 aromatic rings. The number of morpholine rings is 1. The Morgan fingerprint density at radius 1 is 1.28 bits per heavy atom. The van der Waals surface area contributed by atoms with E-state index in [4.69, 9.17) is 4.74 Å². The van der Waals surface area contributed by atoms with Gasteiger partial charge in [-0.3, -0.25) is 14.6 Å². The van der Waals surface area contributed by atoms with Crippen molar-refractivity contribution in [2.45, 2.75) is 44.6 Å². The Kier molecular flexibility index (Phi) is 6.45. The van der Waals surface area contributed by atoms with Crippen LogP contribution in [0.3, 0.4) is 0 Å². The number of rotatable bonds is 5. The molecule has 3 saturated heterocycles. The predicted molar refractivity (Wildman–Crippen MR) is 109 cm³/mol. The fourth-order valence-electron chi connectivity index (χ4n) is 4.83. The van der Waals surface area contributed by atoms with Gasteiger partial charge in [-0.1, -0.05) is 6.07 Å². The van der Waals surface area contributed by atoms with Crippen molar-refractivity contribution in [1.82, 2.24) is 20.1 Å². The summed E-state index contributed by atoms with van der Waals surface area (Å²) in [5.41, 5.74) is 1.20. The summed E-state index contributed by atoms with van der Waals surface area (Å²) in [6, 6.07) is 6.06. The summed E-state index contributed by atoms with van der Waals surface area (Å²) in [6.45, 7) is 5.32. The van der Waals surface area contributed by atoms with Crippen LogP contribution in [0, 0.1) is 5.41 Å². The van der Waals surface area contributed by atoms with E-state index in [-0.39, 0.29) is 23.3 Å². The molecule has 1 aromatic heterocycles. The van der Waals surface area contributed by atoms with Gasteiger partial charge in [-0.2, -0.15) is 0 Å². The lowest BCUT2D eigenvalue weighted by Crippen LogP contribution is -2.53. The molecule has 29 heavy (non-hydrogen) atoms. The fourth-order valence-corrected chi connectivity index (χ4v) is 4.83. The molecule has 3 fully saturated rings. The lowest BCUT2D eigenvalue weighted by molar-refractivity contribution is -0.142. The standard InChI is InChI=1S/C22H32N4O3/c27-20-4-6-22(17-26(20)11-5-18-3-1-2-9-23-18)7-12-25(13-8-22)21(28)15-19-16-29-14-10-24-19/h1-3,9,19,24H,4-8,10-17H2. The number of hydrogen-bond acceptors (Lipinski definition) is 5. The van der Waals surface area contributed by atoms with E-state index in [9.17, 15) is 9.59 Å². The lowest BCUT2D eigenvalue weighted by atomic mass is 9.72. The first-order valence-electron chi connectivity index (χ1n) is 10.9. The SMILES string of the molecule is O=C(CC1COCCN1)N1CCC2(CCC(=O)N(CCc3ccccn3)C2)CC1. The molecule has 0 saturated carbocycles. The summed E-state index contributed by atoms with van der Waals surface area (Å²) >= 11 is 0. The second-order valence-corrected chi connectivity index (χ2v) is 8.70. The number of hydrogen-bond donors (Lipinski definition) is 1. The molecule has 0 bridgehead atoms. The Labute approximate surface area is 172 Å². The first kappa shape index (κ1) is 20.3. The van der Waals surface area contributed by atoms with Crippen LogP contribution in [0.4, 0.5) is 0 Å². The van der Waals surface area contributed by atoms with Gasteiger partial charge in [0.15, 0.2) is 0 Å². The number of piperidine rings is 2. The van der Waals surface area contributed by atoms with Crippen molar-refractivity contribution in [3.05, 3.63) is 30.1 Å². The van der Waals surface area contributed by atoms with Crippen LogP contribution in [0.25, 0.3) is 0 Å². The Balaban J connectivity index is 1.27. The van der Waals surface area contributed by atoms with E-state index in [1.807, 2.05) is 28.0 Å². The molecular formula is C22H32N4O3. The molecule has 0 aliphatic carbocycles. The Hall–Kier alpha value is -1.99. The number of amides is 2. The minimum atomic E-state index is 0.140. The minimum absolute atomic E-state index is 0.140. The van der Waals surface area contributed by atoms with Crippen LogP contribution in [0.1, 0.15) is 37.8 Å². The third-order valence-electron chi connectivity index (χ3n) is 6.71. The zero-order valence-electron chi connectivity index (χ0n) is 17.1. The highest BCUT2D eigenvalue weighted by Crippen LogP contribution is 2.40. The first-order valence-corrected chi connectivity index (χ1v) is 10.9. The highest BCUT2D eigenvalue weighted by Gasteiger charge is 2.41. The van der Waals surface area contributed by atoms with Crippen LogP contribution in [0.15, 0.2) is 24.4 Å². The van der Waals surface area contributed by atoms with E-state index in [2.05, 4.69) is 10.3 Å². The molecule has 158 valence electrons. The molecule has 0 radical (unpaired) electrons. The van der Waals surface area contributed by atoms with Gasteiger partial charge in [0.1, 0.15) is 0 Å². The van der Waals surface area contributed by atoms with Gasteiger partial charge < -0.3 is 19.9 Å². The van der Waals surface area contributed by atoms with Crippen molar-refractivity contribution in [2.75, 3.05) is 45.9 Å². The summed E-state index contributed by atoms with van der Waals surface area (Å²) in [5, 5.41) is 3.36. The number of likely N-dealkylation sites (tertiary alicyclic amines) is 2. The Morgan fingerprint density at radius 2 is 2.14 bits per heavy atom. The Morgan fingerprint density at radius 3 is 2.86 bits per heavy atom.